The maximum absolute atomic E-state index is 11.3. The number of esters is 1. The van der Waals surface area contributed by atoms with Crippen molar-refractivity contribution in [2.75, 3.05) is 13.2 Å². The van der Waals surface area contributed by atoms with E-state index >= 15 is 0 Å². The molecular weight excluding hydrogens is 190 g/mol. The second-order valence-electron chi connectivity index (χ2n) is 4.59. The highest BCUT2D eigenvalue weighted by Gasteiger charge is 2.14. The molecule has 2 atom stereocenters. The van der Waals surface area contributed by atoms with Crippen LogP contribution in [0.1, 0.15) is 41.0 Å². The third-order valence-corrected chi connectivity index (χ3v) is 2.29. The van der Waals surface area contributed by atoms with Crippen molar-refractivity contribution >= 4 is 5.97 Å². The number of hydrogen-bond acceptors (Lipinski definition) is 3. The molecule has 90 valence electrons. The summed E-state index contributed by atoms with van der Waals surface area (Å²) in [4.78, 5) is 11.3. The first-order valence-electron chi connectivity index (χ1n) is 5.87. The van der Waals surface area contributed by atoms with Gasteiger partial charge in [-0.25, -0.2) is 0 Å². The van der Waals surface area contributed by atoms with Gasteiger partial charge >= 0.3 is 5.97 Å². The summed E-state index contributed by atoms with van der Waals surface area (Å²) >= 11 is 0. The van der Waals surface area contributed by atoms with E-state index in [9.17, 15) is 4.79 Å². The van der Waals surface area contributed by atoms with Crippen molar-refractivity contribution in [1.82, 2.24) is 5.32 Å². The minimum absolute atomic E-state index is 0.0560. The van der Waals surface area contributed by atoms with Crippen LogP contribution in [0.15, 0.2) is 0 Å². The maximum Gasteiger partial charge on any atom is 0.309 e. The monoisotopic (exact) mass is 215 g/mol. The fourth-order valence-electron chi connectivity index (χ4n) is 1.54. The van der Waals surface area contributed by atoms with Crippen molar-refractivity contribution in [3.63, 3.8) is 0 Å². The molecule has 2 unspecified atom stereocenters. The van der Waals surface area contributed by atoms with E-state index < -0.39 is 0 Å². The summed E-state index contributed by atoms with van der Waals surface area (Å²) in [5.41, 5.74) is 0. The fourth-order valence-corrected chi connectivity index (χ4v) is 1.54. The van der Waals surface area contributed by atoms with Gasteiger partial charge in [-0.05, 0) is 26.2 Å². The van der Waals surface area contributed by atoms with Gasteiger partial charge in [-0.1, -0.05) is 20.8 Å². The van der Waals surface area contributed by atoms with Crippen molar-refractivity contribution in [2.45, 2.75) is 47.1 Å². The molecule has 0 aliphatic heterocycles. The fraction of sp³-hybridized carbons (Fsp3) is 0.917. The molecule has 0 aliphatic rings. The van der Waals surface area contributed by atoms with Gasteiger partial charge in [0.05, 0.1) is 12.5 Å². The highest BCUT2D eigenvalue weighted by Crippen LogP contribution is 2.05. The zero-order valence-corrected chi connectivity index (χ0v) is 10.7. The van der Waals surface area contributed by atoms with Gasteiger partial charge in [0.1, 0.15) is 0 Å². The summed E-state index contributed by atoms with van der Waals surface area (Å²) in [6.07, 6.45) is 1.13. The van der Waals surface area contributed by atoms with Gasteiger partial charge in [0.15, 0.2) is 0 Å². The molecular formula is C12H25NO2. The first-order chi connectivity index (χ1) is 6.97. The zero-order chi connectivity index (χ0) is 11.8. The third-order valence-electron chi connectivity index (χ3n) is 2.29. The van der Waals surface area contributed by atoms with Crippen LogP contribution in [0.4, 0.5) is 0 Å². The molecule has 0 heterocycles. The molecule has 0 aromatic rings. The van der Waals surface area contributed by atoms with E-state index in [4.69, 9.17) is 4.74 Å². The Morgan fingerprint density at radius 2 is 1.87 bits per heavy atom. The van der Waals surface area contributed by atoms with E-state index in [1.165, 1.54) is 0 Å². The first-order valence-corrected chi connectivity index (χ1v) is 5.87. The lowest BCUT2D eigenvalue weighted by Crippen LogP contribution is -2.34. The molecule has 0 aromatic heterocycles. The van der Waals surface area contributed by atoms with Gasteiger partial charge in [-0.15, -0.1) is 0 Å². The molecule has 0 saturated heterocycles. The van der Waals surface area contributed by atoms with Crippen LogP contribution in [0.25, 0.3) is 0 Å². The van der Waals surface area contributed by atoms with Crippen LogP contribution in [-0.2, 0) is 9.53 Å². The van der Waals surface area contributed by atoms with Crippen LogP contribution < -0.4 is 5.32 Å². The molecule has 0 fully saturated rings. The number of nitrogens with one attached hydrogen (secondary N) is 1. The number of hydrogen-bond donors (Lipinski definition) is 1. The van der Waals surface area contributed by atoms with E-state index in [-0.39, 0.29) is 11.9 Å². The Morgan fingerprint density at radius 3 is 2.33 bits per heavy atom. The SMILES string of the molecule is CCOC(=O)C(C)CNC(C)CC(C)C. The summed E-state index contributed by atoms with van der Waals surface area (Å²) in [6, 6.07) is 0.460. The molecule has 0 bridgehead atoms. The first kappa shape index (κ1) is 14.4. The minimum atomic E-state index is -0.109. The smallest absolute Gasteiger partial charge is 0.309 e. The van der Waals surface area contributed by atoms with Gasteiger partial charge in [0, 0.05) is 12.6 Å². The molecule has 0 radical (unpaired) electrons. The van der Waals surface area contributed by atoms with E-state index in [1.54, 1.807) is 0 Å². The Kier molecular flexibility index (Phi) is 7.39. The predicted octanol–water partition coefficient (Wildman–Crippen LogP) is 2.21. The molecule has 1 N–H and O–H groups in total. The standard InChI is InChI=1S/C12H25NO2/c1-6-15-12(14)10(4)8-13-11(5)7-9(2)3/h9-11,13H,6-8H2,1-5H3. The molecule has 0 amide bonds. The molecule has 3 nitrogen and oxygen atoms in total. The normalized spacial score (nSPS) is 15.1. The maximum atomic E-state index is 11.3. The number of carbonyl (C=O) groups excluding carboxylic acids is 1. The van der Waals surface area contributed by atoms with Crippen molar-refractivity contribution in [3.8, 4) is 0 Å². The molecule has 15 heavy (non-hydrogen) atoms. The van der Waals surface area contributed by atoms with Gasteiger partial charge in [0.2, 0.25) is 0 Å². The molecule has 3 heteroatoms. The van der Waals surface area contributed by atoms with E-state index in [1.807, 2.05) is 13.8 Å². The Hall–Kier alpha value is -0.570. The Labute approximate surface area is 93.6 Å². The summed E-state index contributed by atoms with van der Waals surface area (Å²) in [6.45, 7) is 11.4. The molecule has 0 aromatic carbocycles. The quantitative estimate of drug-likeness (QED) is 0.662. The van der Waals surface area contributed by atoms with Crippen molar-refractivity contribution in [3.05, 3.63) is 0 Å². The van der Waals surface area contributed by atoms with Gasteiger partial charge < -0.3 is 10.1 Å². The van der Waals surface area contributed by atoms with Crippen LogP contribution in [-0.4, -0.2) is 25.2 Å². The van der Waals surface area contributed by atoms with Crippen LogP contribution in [0.2, 0.25) is 0 Å². The lowest BCUT2D eigenvalue weighted by atomic mass is 10.0. The van der Waals surface area contributed by atoms with E-state index in [2.05, 4.69) is 26.1 Å². The molecule has 0 rings (SSSR count). The predicted molar refractivity (Wildman–Crippen MR) is 62.7 cm³/mol. The second-order valence-corrected chi connectivity index (χ2v) is 4.59. The van der Waals surface area contributed by atoms with Crippen molar-refractivity contribution in [1.29, 1.82) is 0 Å². The van der Waals surface area contributed by atoms with E-state index in [0.29, 0.717) is 25.1 Å². The molecule has 0 aliphatic carbocycles. The van der Waals surface area contributed by atoms with Gasteiger partial charge in [-0.3, -0.25) is 4.79 Å². The topological polar surface area (TPSA) is 38.3 Å². The largest absolute Gasteiger partial charge is 0.466 e. The van der Waals surface area contributed by atoms with Crippen LogP contribution in [0.5, 0.6) is 0 Å². The van der Waals surface area contributed by atoms with Crippen LogP contribution >= 0.6 is 0 Å². The molecule has 0 spiro atoms. The summed E-state index contributed by atoms with van der Waals surface area (Å²) in [7, 11) is 0. The Balaban J connectivity index is 3.69. The summed E-state index contributed by atoms with van der Waals surface area (Å²) in [5.74, 6) is 0.520. The van der Waals surface area contributed by atoms with Crippen molar-refractivity contribution in [2.24, 2.45) is 11.8 Å². The van der Waals surface area contributed by atoms with E-state index in [0.717, 1.165) is 6.42 Å². The van der Waals surface area contributed by atoms with Crippen LogP contribution in [0.3, 0.4) is 0 Å². The second kappa shape index (κ2) is 7.69. The lowest BCUT2D eigenvalue weighted by Gasteiger charge is -2.18. The zero-order valence-electron chi connectivity index (χ0n) is 10.7. The highest BCUT2D eigenvalue weighted by molar-refractivity contribution is 5.72. The Bertz CT molecular complexity index is 180. The van der Waals surface area contributed by atoms with Gasteiger partial charge in [-0.2, -0.15) is 0 Å². The number of rotatable bonds is 7. The third kappa shape index (κ3) is 7.37. The highest BCUT2D eigenvalue weighted by atomic mass is 16.5. The average Bonchev–Trinajstić information content (AvgIpc) is 2.13. The molecule has 0 saturated carbocycles. The van der Waals surface area contributed by atoms with Gasteiger partial charge in [0.25, 0.3) is 0 Å². The summed E-state index contributed by atoms with van der Waals surface area (Å²) < 4.78 is 4.94. The lowest BCUT2D eigenvalue weighted by molar-refractivity contribution is -0.147. The number of ether oxygens (including phenoxy) is 1. The minimum Gasteiger partial charge on any atom is -0.466 e. The van der Waals surface area contributed by atoms with Crippen LogP contribution in [0, 0.1) is 11.8 Å². The Morgan fingerprint density at radius 1 is 1.27 bits per heavy atom. The average molecular weight is 215 g/mol. The van der Waals surface area contributed by atoms with Crippen molar-refractivity contribution < 1.29 is 9.53 Å². The summed E-state index contributed by atoms with van der Waals surface area (Å²) in [5, 5.41) is 3.35. The number of carbonyl (C=O) groups is 1.